The molecule has 0 saturated carbocycles. The summed E-state index contributed by atoms with van der Waals surface area (Å²) >= 11 is -0.680. The van der Waals surface area contributed by atoms with Crippen LogP contribution in [0.2, 0.25) is 0 Å². The summed E-state index contributed by atoms with van der Waals surface area (Å²) in [5.41, 5.74) is 2.30. The minimum atomic E-state index is -4.41. The Hall–Kier alpha value is -3.02. The number of amides is 2. The molecule has 1 unspecified atom stereocenters. The lowest BCUT2D eigenvalue weighted by Gasteiger charge is -2.16. The van der Waals surface area contributed by atoms with Gasteiger partial charge in [0.1, 0.15) is 5.88 Å². The zero-order valence-corrected chi connectivity index (χ0v) is 21.4. The minimum absolute atomic E-state index is 0.293. The molecule has 3 aromatic rings. The third-order valence-corrected chi connectivity index (χ3v) is 7.11. The Morgan fingerprint density at radius 2 is 1.61 bits per heavy atom. The van der Waals surface area contributed by atoms with Crippen molar-refractivity contribution >= 4 is 34.2 Å². The van der Waals surface area contributed by atoms with Crippen molar-refractivity contribution in [3.63, 3.8) is 0 Å². The Labute approximate surface area is 213 Å². The third-order valence-electron chi connectivity index (χ3n) is 5.65. The zero-order valence-electron chi connectivity index (χ0n) is 19.7. The molecule has 0 saturated heterocycles. The van der Waals surface area contributed by atoms with E-state index in [-0.39, 0.29) is 11.8 Å². The molecule has 192 valence electrons. The molecular formula is C25H25F3N2O4S2. The molecule has 0 bridgehead atoms. The summed E-state index contributed by atoms with van der Waals surface area (Å²) in [6.45, 7) is 5.51. The number of carbonyl (C=O) groups is 2. The van der Waals surface area contributed by atoms with Crippen LogP contribution < -0.4 is 10.6 Å². The third kappa shape index (κ3) is 6.80. The quantitative estimate of drug-likeness (QED) is 0.336. The van der Waals surface area contributed by atoms with E-state index in [0.29, 0.717) is 23.1 Å². The number of halogens is 3. The summed E-state index contributed by atoms with van der Waals surface area (Å²) in [6, 6.07) is 11.0. The fourth-order valence-electron chi connectivity index (χ4n) is 3.76. The summed E-state index contributed by atoms with van der Waals surface area (Å²) in [5, 5.41) is 5.29. The first-order valence-electron chi connectivity index (χ1n) is 10.9. The number of nitrogens with one attached hydrogen (secondary N) is 2. The van der Waals surface area contributed by atoms with Gasteiger partial charge in [-0.05, 0) is 68.1 Å². The van der Waals surface area contributed by atoms with Crippen molar-refractivity contribution in [2.45, 2.75) is 39.4 Å². The standard InChI is InChI=1S/C25H25F3N2O4S2/c1-14(18-6-8-19(9-7-18)23(31)29-13-36(33)34)30-24(32)22-16(3)35-15(2)21(22)12-17-4-10-20(11-5-17)25(26,27)28/h4-11,14H,12-13H2,1-3H3,(H,29,31)(H,30,32)(H,33,34)/t14-/m0/s1. The number of alkyl halides is 3. The van der Waals surface area contributed by atoms with Crippen molar-refractivity contribution in [2.75, 3.05) is 5.88 Å². The van der Waals surface area contributed by atoms with Crippen molar-refractivity contribution < 1.29 is 31.5 Å². The summed E-state index contributed by atoms with van der Waals surface area (Å²) < 4.78 is 58.1. The lowest BCUT2D eigenvalue weighted by atomic mass is 9.98. The van der Waals surface area contributed by atoms with E-state index in [1.165, 1.54) is 23.5 Å². The molecule has 0 radical (unpaired) electrons. The highest BCUT2D eigenvalue weighted by Gasteiger charge is 2.30. The molecule has 3 N–H and O–H groups in total. The molecule has 2 amide bonds. The Balaban J connectivity index is 1.73. The van der Waals surface area contributed by atoms with Gasteiger partial charge in [0.25, 0.3) is 11.8 Å². The van der Waals surface area contributed by atoms with Gasteiger partial charge in [-0.15, -0.1) is 11.3 Å². The fourth-order valence-corrected chi connectivity index (χ4v) is 5.09. The van der Waals surface area contributed by atoms with E-state index in [1.54, 1.807) is 31.2 Å². The first kappa shape index (κ1) is 27.6. The Morgan fingerprint density at radius 1 is 1.00 bits per heavy atom. The summed E-state index contributed by atoms with van der Waals surface area (Å²) in [5.74, 6) is -1.15. The van der Waals surface area contributed by atoms with Crippen molar-refractivity contribution in [3.8, 4) is 0 Å². The number of aryl methyl sites for hydroxylation is 2. The number of hydrogen-bond donors (Lipinski definition) is 3. The van der Waals surface area contributed by atoms with Crippen LogP contribution in [0, 0.1) is 13.8 Å². The number of hydrogen-bond acceptors (Lipinski definition) is 4. The molecule has 2 atom stereocenters. The van der Waals surface area contributed by atoms with E-state index in [4.69, 9.17) is 4.55 Å². The van der Waals surface area contributed by atoms with Gasteiger partial charge in [0.05, 0.1) is 17.2 Å². The predicted molar refractivity (Wildman–Crippen MR) is 133 cm³/mol. The van der Waals surface area contributed by atoms with Crippen LogP contribution in [-0.4, -0.2) is 26.5 Å². The second kappa shape index (κ2) is 11.4. The van der Waals surface area contributed by atoms with E-state index in [0.717, 1.165) is 33.0 Å². The number of benzene rings is 2. The van der Waals surface area contributed by atoms with E-state index in [1.807, 2.05) is 13.8 Å². The second-order valence-electron chi connectivity index (χ2n) is 8.23. The first-order chi connectivity index (χ1) is 16.9. The van der Waals surface area contributed by atoms with Gasteiger partial charge in [-0.3, -0.25) is 9.59 Å². The monoisotopic (exact) mass is 538 g/mol. The lowest BCUT2D eigenvalue weighted by Crippen LogP contribution is -2.28. The molecule has 11 heteroatoms. The van der Waals surface area contributed by atoms with Crippen LogP contribution >= 0.6 is 11.3 Å². The van der Waals surface area contributed by atoms with Gasteiger partial charge in [0.2, 0.25) is 0 Å². The van der Waals surface area contributed by atoms with Crippen molar-refractivity contribution in [3.05, 3.63) is 91.7 Å². The molecule has 0 fully saturated rings. The summed E-state index contributed by atoms with van der Waals surface area (Å²) in [7, 11) is 0. The molecule has 6 nitrogen and oxygen atoms in total. The molecule has 3 rings (SSSR count). The van der Waals surface area contributed by atoms with Gasteiger partial charge in [-0.2, -0.15) is 13.2 Å². The average molecular weight is 539 g/mol. The van der Waals surface area contributed by atoms with Crippen LogP contribution in [0.15, 0.2) is 48.5 Å². The highest BCUT2D eigenvalue weighted by molar-refractivity contribution is 7.79. The highest BCUT2D eigenvalue weighted by atomic mass is 32.2. The highest BCUT2D eigenvalue weighted by Crippen LogP contribution is 2.32. The fraction of sp³-hybridized carbons (Fsp3) is 0.280. The Bertz CT molecular complexity index is 1270. The predicted octanol–water partition coefficient (Wildman–Crippen LogP) is 5.37. The molecule has 0 spiro atoms. The van der Waals surface area contributed by atoms with Crippen LogP contribution in [-0.2, 0) is 23.7 Å². The second-order valence-corrected chi connectivity index (χ2v) is 10.6. The minimum Gasteiger partial charge on any atom is -0.345 e. The van der Waals surface area contributed by atoms with E-state index < -0.39 is 34.8 Å². The SMILES string of the molecule is Cc1sc(C)c(C(=O)N[C@@H](C)c2ccc(C(=O)NCS(=O)O)cc2)c1Cc1ccc(C(F)(F)F)cc1. The molecule has 0 aliphatic rings. The first-order valence-corrected chi connectivity index (χ1v) is 13.0. The van der Waals surface area contributed by atoms with Crippen LogP contribution in [0.1, 0.15) is 65.7 Å². The Kier molecular flexibility index (Phi) is 8.70. The maximum atomic E-state index is 13.2. The van der Waals surface area contributed by atoms with E-state index in [9.17, 15) is 27.0 Å². The van der Waals surface area contributed by atoms with Gasteiger partial charge >= 0.3 is 6.18 Å². The summed E-state index contributed by atoms with van der Waals surface area (Å²) in [6.07, 6.45) is -4.08. The van der Waals surface area contributed by atoms with Gasteiger partial charge in [0.15, 0.2) is 11.1 Å². The van der Waals surface area contributed by atoms with Crippen molar-refractivity contribution in [1.29, 1.82) is 0 Å². The van der Waals surface area contributed by atoms with Crippen LogP contribution in [0.4, 0.5) is 13.2 Å². The molecule has 1 aromatic heterocycles. The Morgan fingerprint density at radius 3 is 2.17 bits per heavy atom. The maximum absolute atomic E-state index is 13.2. The molecule has 1 heterocycles. The van der Waals surface area contributed by atoms with Crippen molar-refractivity contribution in [1.82, 2.24) is 10.6 Å². The van der Waals surface area contributed by atoms with E-state index >= 15 is 0 Å². The van der Waals surface area contributed by atoms with Crippen LogP contribution in [0.3, 0.4) is 0 Å². The smallest absolute Gasteiger partial charge is 0.345 e. The summed E-state index contributed by atoms with van der Waals surface area (Å²) in [4.78, 5) is 27.0. The zero-order chi connectivity index (χ0) is 26.6. The molecule has 2 aromatic carbocycles. The number of rotatable bonds is 8. The van der Waals surface area contributed by atoms with Gasteiger partial charge in [-0.1, -0.05) is 24.3 Å². The van der Waals surface area contributed by atoms with Gasteiger partial charge in [-0.25, -0.2) is 4.21 Å². The van der Waals surface area contributed by atoms with Crippen molar-refractivity contribution in [2.24, 2.45) is 0 Å². The number of carbonyl (C=O) groups excluding carboxylic acids is 2. The normalized spacial score (nSPS) is 13.2. The van der Waals surface area contributed by atoms with Crippen LogP contribution in [0.25, 0.3) is 0 Å². The van der Waals surface area contributed by atoms with Gasteiger partial charge in [0, 0.05) is 15.3 Å². The molecule has 0 aliphatic carbocycles. The largest absolute Gasteiger partial charge is 0.416 e. The molecular weight excluding hydrogens is 513 g/mol. The van der Waals surface area contributed by atoms with Gasteiger partial charge < -0.3 is 15.2 Å². The number of thiophene rings is 1. The molecule has 36 heavy (non-hydrogen) atoms. The maximum Gasteiger partial charge on any atom is 0.416 e. The van der Waals surface area contributed by atoms with E-state index in [2.05, 4.69) is 10.6 Å². The van der Waals surface area contributed by atoms with Crippen LogP contribution in [0.5, 0.6) is 0 Å². The lowest BCUT2D eigenvalue weighted by molar-refractivity contribution is -0.137. The topological polar surface area (TPSA) is 95.5 Å². The average Bonchev–Trinajstić information content (AvgIpc) is 3.09. The molecule has 0 aliphatic heterocycles.